The summed E-state index contributed by atoms with van der Waals surface area (Å²) in [6.07, 6.45) is 1.48. The van der Waals surface area contributed by atoms with E-state index >= 15 is 0 Å². The van der Waals surface area contributed by atoms with Crippen molar-refractivity contribution < 1.29 is 9.59 Å². The number of aryl methyl sites for hydroxylation is 1. The van der Waals surface area contributed by atoms with Gasteiger partial charge in [-0.1, -0.05) is 0 Å². The van der Waals surface area contributed by atoms with E-state index in [-0.39, 0.29) is 18.1 Å². The molecule has 1 amide bonds. The van der Waals surface area contributed by atoms with Crippen LogP contribution in [0.15, 0.2) is 12.3 Å². The van der Waals surface area contributed by atoms with Crippen LogP contribution in [-0.4, -0.2) is 21.5 Å². The normalized spacial score (nSPS) is 9.69. The number of rotatable bonds is 3. The van der Waals surface area contributed by atoms with Crippen LogP contribution in [0, 0.1) is 0 Å². The predicted molar refractivity (Wildman–Crippen MR) is 47.1 cm³/mol. The molecule has 0 aliphatic carbocycles. The van der Waals surface area contributed by atoms with Crippen LogP contribution in [0.4, 0.5) is 5.82 Å². The summed E-state index contributed by atoms with van der Waals surface area (Å²) in [5.74, 6) is 0.127. The van der Waals surface area contributed by atoms with Gasteiger partial charge in [0.2, 0.25) is 5.91 Å². The average Bonchev–Trinajstić information content (AvgIpc) is 2.34. The lowest BCUT2D eigenvalue weighted by Gasteiger charge is -2.02. The van der Waals surface area contributed by atoms with E-state index < -0.39 is 0 Å². The molecular weight excluding hydrogens is 170 g/mol. The van der Waals surface area contributed by atoms with Crippen molar-refractivity contribution in [2.75, 3.05) is 5.32 Å². The summed E-state index contributed by atoms with van der Waals surface area (Å²) in [6, 6.07) is 1.66. The Kier molecular flexibility index (Phi) is 2.79. The number of Topliss-reactive ketones (excluding diaryl/α,β-unsaturated/α-hetero) is 1. The quantitative estimate of drug-likeness (QED) is 0.684. The zero-order valence-electron chi connectivity index (χ0n) is 7.57. The van der Waals surface area contributed by atoms with E-state index in [1.165, 1.54) is 11.6 Å². The Balaban J connectivity index is 2.55. The predicted octanol–water partition coefficient (Wildman–Crippen LogP) is 0.338. The summed E-state index contributed by atoms with van der Waals surface area (Å²) < 4.78 is 1.53. The summed E-state index contributed by atoms with van der Waals surface area (Å²) in [5, 5.41) is 6.43. The molecule has 5 nitrogen and oxygen atoms in total. The maximum atomic E-state index is 11.1. The van der Waals surface area contributed by atoms with Crippen molar-refractivity contribution in [1.29, 1.82) is 0 Å². The molecule has 0 fully saturated rings. The molecular formula is C8H11N3O2. The van der Waals surface area contributed by atoms with Crippen molar-refractivity contribution in [2.45, 2.75) is 13.3 Å². The van der Waals surface area contributed by atoms with Crippen LogP contribution in [0.1, 0.15) is 13.3 Å². The first-order valence-corrected chi connectivity index (χ1v) is 3.87. The molecule has 0 aliphatic heterocycles. The molecule has 0 atom stereocenters. The molecule has 1 heterocycles. The number of carbonyl (C=O) groups excluding carboxylic acids is 2. The Morgan fingerprint density at radius 1 is 1.62 bits per heavy atom. The van der Waals surface area contributed by atoms with Gasteiger partial charge in [-0.25, -0.2) is 0 Å². The summed E-state index contributed by atoms with van der Waals surface area (Å²) in [5.41, 5.74) is 0. The Morgan fingerprint density at radius 3 is 2.77 bits per heavy atom. The Morgan fingerprint density at radius 2 is 2.31 bits per heavy atom. The first kappa shape index (κ1) is 9.44. The fourth-order valence-corrected chi connectivity index (χ4v) is 0.910. The van der Waals surface area contributed by atoms with Crippen LogP contribution >= 0.6 is 0 Å². The van der Waals surface area contributed by atoms with Crippen molar-refractivity contribution in [1.82, 2.24) is 9.78 Å². The van der Waals surface area contributed by atoms with Gasteiger partial charge in [-0.2, -0.15) is 5.10 Å². The van der Waals surface area contributed by atoms with E-state index in [1.54, 1.807) is 19.3 Å². The molecule has 0 aliphatic rings. The summed E-state index contributed by atoms with van der Waals surface area (Å²) in [7, 11) is 1.71. The minimum atomic E-state index is -0.309. The van der Waals surface area contributed by atoms with Gasteiger partial charge in [0.05, 0.1) is 12.6 Å². The number of hydrogen-bond donors (Lipinski definition) is 1. The molecule has 70 valence electrons. The van der Waals surface area contributed by atoms with Crippen LogP contribution in [0.5, 0.6) is 0 Å². The fraction of sp³-hybridized carbons (Fsp3) is 0.375. The first-order valence-electron chi connectivity index (χ1n) is 3.87. The molecule has 0 saturated heterocycles. The monoisotopic (exact) mass is 181 g/mol. The van der Waals surface area contributed by atoms with E-state index in [0.29, 0.717) is 5.82 Å². The van der Waals surface area contributed by atoms with Crippen LogP contribution in [-0.2, 0) is 16.6 Å². The standard InChI is InChI=1S/C8H11N3O2/c1-6(12)5-8(13)10-7-3-4-9-11(7)2/h3-4H,5H2,1-2H3,(H,10,13). The van der Waals surface area contributed by atoms with Gasteiger partial charge in [-0.3, -0.25) is 14.3 Å². The lowest BCUT2D eigenvalue weighted by atomic mass is 10.3. The summed E-state index contributed by atoms with van der Waals surface area (Å²) >= 11 is 0. The lowest BCUT2D eigenvalue weighted by molar-refractivity contribution is -0.124. The van der Waals surface area contributed by atoms with Crippen molar-refractivity contribution in [3.05, 3.63) is 12.3 Å². The molecule has 5 heteroatoms. The number of amides is 1. The second-order valence-electron chi connectivity index (χ2n) is 2.77. The van der Waals surface area contributed by atoms with Crippen molar-refractivity contribution >= 4 is 17.5 Å². The van der Waals surface area contributed by atoms with E-state index in [4.69, 9.17) is 0 Å². The molecule has 0 saturated carbocycles. The summed E-state index contributed by atoms with van der Waals surface area (Å²) in [4.78, 5) is 21.7. The fourth-order valence-electron chi connectivity index (χ4n) is 0.910. The Bertz CT molecular complexity index is 330. The molecule has 13 heavy (non-hydrogen) atoms. The van der Waals surface area contributed by atoms with E-state index in [9.17, 15) is 9.59 Å². The van der Waals surface area contributed by atoms with Gasteiger partial charge >= 0.3 is 0 Å². The highest BCUT2D eigenvalue weighted by Crippen LogP contribution is 2.03. The van der Waals surface area contributed by atoms with Gasteiger partial charge in [0.25, 0.3) is 0 Å². The maximum absolute atomic E-state index is 11.1. The Labute approximate surface area is 75.7 Å². The van der Waals surface area contributed by atoms with E-state index in [0.717, 1.165) is 0 Å². The highest BCUT2D eigenvalue weighted by atomic mass is 16.2. The highest BCUT2D eigenvalue weighted by Gasteiger charge is 2.06. The topological polar surface area (TPSA) is 64.0 Å². The molecule has 1 rings (SSSR count). The molecule has 0 bridgehead atoms. The largest absolute Gasteiger partial charge is 0.311 e. The Hall–Kier alpha value is -1.65. The third-order valence-electron chi connectivity index (χ3n) is 1.50. The van der Waals surface area contributed by atoms with E-state index in [2.05, 4.69) is 10.4 Å². The molecule has 1 aromatic rings. The number of carbonyl (C=O) groups is 2. The van der Waals surface area contributed by atoms with Crippen LogP contribution in [0.3, 0.4) is 0 Å². The number of aromatic nitrogens is 2. The smallest absolute Gasteiger partial charge is 0.232 e. The third-order valence-corrected chi connectivity index (χ3v) is 1.50. The minimum Gasteiger partial charge on any atom is -0.311 e. The highest BCUT2D eigenvalue weighted by molar-refractivity contribution is 6.03. The zero-order valence-corrected chi connectivity index (χ0v) is 7.57. The molecule has 0 unspecified atom stereocenters. The maximum Gasteiger partial charge on any atom is 0.232 e. The van der Waals surface area contributed by atoms with Gasteiger partial charge < -0.3 is 5.32 Å². The number of anilines is 1. The van der Waals surface area contributed by atoms with Crippen LogP contribution < -0.4 is 5.32 Å². The van der Waals surface area contributed by atoms with Gasteiger partial charge in [-0.05, 0) is 6.92 Å². The minimum absolute atomic E-state index is 0.0921. The van der Waals surface area contributed by atoms with Crippen molar-refractivity contribution in [3.8, 4) is 0 Å². The number of nitrogens with one attached hydrogen (secondary N) is 1. The number of hydrogen-bond acceptors (Lipinski definition) is 3. The first-order chi connectivity index (χ1) is 6.09. The lowest BCUT2D eigenvalue weighted by Crippen LogP contribution is -2.16. The second kappa shape index (κ2) is 3.84. The second-order valence-corrected chi connectivity index (χ2v) is 2.77. The van der Waals surface area contributed by atoms with Crippen LogP contribution in [0.25, 0.3) is 0 Å². The van der Waals surface area contributed by atoms with Crippen molar-refractivity contribution in [3.63, 3.8) is 0 Å². The zero-order chi connectivity index (χ0) is 9.84. The van der Waals surface area contributed by atoms with Gasteiger partial charge in [0, 0.05) is 13.1 Å². The molecule has 0 spiro atoms. The average molecular weight is 181 g/mol. The van der Waals surface area contributed by atoms with Crippen LogP contribution in [0.2, 0.25) is 0 Å². The van der Waals surface area contributed by atoms with Gasteiger partial charge in [-0.15, -0.1) is 0 Å². The van der Waals surface area contributed by atoms with Gasteiger partial charge in [0.15, 0.2) is 0 Å². The molecule has 0 aromatic carbocycles. The molecule has 1 aromatic heterocycles. The number of nitrogens with zero attached hydrogens (tertiary/aromatic N) is 2. The summed E-state index contributed by atoms with van der Waals surface area (Å²) in [6.45, 7) is 1.38. The number of ketones is 1. The van der Waals surface area contributed by atoms with Gasteiger partial charge in [0.1, 0.15) is 11.6 Å². The molecule has 0 radical (unpaired) electrons. The van der Waals surface area contributed by atoms with Crippen molar-refractivity contribution in [2.24, 2.45) is 7.05 Å². The SMILES string of the molecule is CC(=O)CC(=O)Nc1ccnn1C. The third kappa shape index (κ3) is 2.70. The molecule has 1 N–H and O–H groups in total. The van der Waals surface area contributed by atoms with E-state index in [1.807, 2.05) is 0 Å².